The van der Waals surface area contributed by atoms with E-state index in [2.05, 4.69) is 24.3 Å². The van der Waals surface area contributed by atoms with Crippen LogP contribution < -0.4 is 11.1 Å². The highest BCUT2D eigenvalue weighted by atomic mass is 16.4. The lowest BCUT2D eigenvalue weighted by Gasteiger charge is -2.18. The van der Waals surface area contributed by atoms with Crippen LogP contribution in [-0.4, -0.2) is 23.6 Å². The molecule has 4 nitrogen and oxygen atoms in total. The van der Waals surface area contributed by atoms with Gasteiger partial charge < -0.3 is 16.3 Å². The third-order valence-electron chi connectivity index (χ3n) is 3.00. The number of hydrogen-bond donors (Lipinski definition) is 3. The maximum absolute atomic E-state index is 8.45. The Morgan fingerprint density at radius 3 is 2.71 bits per heavy atom. The topological polar surface area (TPSA) is 70.6 Å². The van der Waals surface area contributed by atoms with Crippen LogP contribution in [0.15, 0.2) is 5.16 Å². The van der Waals surface area contributed by atoms with Gasteiger partial charge >= 0.3 is 0 Å². The van der Waals surface area contributed by atoms with E-state index in [1.807, 2.05) is 0 Å². The van der Waals surface area contributed by atoms with Crippen LogP contribution in [-0.2, 0) is 0 Å². The van der Waals surface area contributed by atoms with Crippen LogP contribution in [0.25, 0.3) is 0 Å². The summed E-state index contributed by atoms with van der Waals surface area (Å²) < 4.78 is 0. The molecule has 0 bridgehead atoms. The minimum absolute atomic E-state index is 0.310. The van der Waals surface area contributed by atoms with Gasteiger partial charge in [-0.2, -0.15) is 0 Å². The van der Waals surface area contributed by atoms with Crippen LogP contribution in [0.1, 0.15) is 39.5 Å². The van der Waals surface area contributed by atoms with Crippen LogP contribution in [0.2, 0.25) is 0 Å². The van der Waals surface area contributed by atoms with Gasteiger partial charge in [-0.1, -0.05) is 19.0 Å². The molecule has 4 heteroatoms. The molecule has 0 radical (unpaired) electrons. The molecular weight excluding hydrogens is 178 g/mol. The Balaban J connectivity index is 2.24. The summed E-state index contributed by atoms with van der Waals surface area (Å²) in [6.45, 7) is 5.44. The molecule has 0 heterocycles. The van der Waals surface area contributed by atoms with Gasteiger partial charge in [0.15, 0.2) is 0 Å². The number of nitrogens with zero attached hydrogens (tertiary/aromatic N) is 1. The summed E-state index contributed by atoms with van der Waals surface area (Å²) in [5.41, 5.74) is 5.98. The lowest BCUT2D eigenvalue weighted by molar-refractivity contribution is 0.315. The van der Waals surface area contributed by atoms with E-state index >= 15 is 0 Å². The summed E-state index contributed by atoms with van der Waals surface area (Å²) >= 11 is 0. The zero-order chi connectivity index (χ0) is 10.6. The molecule has 1 atom stereocenters. The van der Waals surface area contributed by atoms with Crippen molar-refractivity contribution in [3.05, 3.63) is 0 Å². The highest BCUT2D eigenvalue weighted by Gasteiger charge is 2.36. The van der Waals surface area contributed by atoms with E-state index in [1.165, 1.54) is 12.8 Å². The highest BCUT2D eigenvalue weighted by molar-refractivity contribution is 5.80. The second-order valence-electron chi connectivity index (χ2n) is 4.59. The molecule has 0 aliphatic heterocycles. The standard InChI is InChI=1S/C10H21N3O/c1-3-8(6-9(11)13-14)12-7-10(2)4-5-10/h8,12,14H,3-7H2,1-2H3,(H2,11,13). The minimum atomic E-state index is 0.310. The van der Waals surface area contributed by atoms with Crippen LogP contribution in [0.4, 0.5) is 0 Å². The van der Waals surface area contributed by atoms with Gasteiger partial charge in [-0.3, -0.25) is 0 Å². The highest BCUT2D eigenvalue weighted by Crippen LogP contribution is 2.44. The maximum atomic E-state index is 8.45. The zero-order valence-corrected chi connectivity index (χ0v) is 9.08. The lowest BCUT2D eigenvalue weighted by Crippen LogP contribution is -2.36. The van der Waals surface area contributed by atoms with E-state index in [4.69, 9.17) is 10.9 Å². The van der Waals surface area contributed by atoms with Crippen LogP contribution in [0.3, 0.4) is 0 Å². The number of nitrogens with one attached hydrogen (secondary N) is 1. The SMILES string of the molecule is CCC(CC(N)=NO)NCC1(C)CC1. The number of rotatable bonds is 6. The molecule has 1 aliphatic rings. The smallest absolute Gasteiger partial charge is 0.140 e. The van der Waals surface area contributed by atoms with Crippen molar-refractivity contribution in [1.29, 1.82) is 0 Å². The summed E-state index contributed by atoms with van der Waals surface area (Å²) in [6, 6.07) is 0.336. The number of hydrogen-bond acceptors (Lipinski definition) is 3. The third kappa shape index (κ3) is 3.54. The fourth-order valence-electron chi connectivity index (χ4n) is 1.44. The summed E-state index contributed by atoms with van der Waals surface area (Å²) in [6.07, 6.45) is 4.27. The van der Waals surface area contributed by atoms with Crippen molar-refractivity contribution in [1.82, 2.24) is 5.32 Å². The molecule has 0 saturated heterocycles. The van der Waals surface area contributed by atoms with Gasteiger partial charge in [-0.05, 0) is 24.7 Å². The number of amidine groups is 1. The molecule has 0 spiro atoms. The van der Waals surface area contributed by atoms with Gasteiger partial charge in [-0.25, -0.2) is 0 Å². The van der Waals surface area contributed by atoms with Crippen LogP contribution in [0, 0.1) is 5.41 Å². The van der Waals surface area contributed by atoms with Crippen molar-refractivity contribution < 1.29 is 5.21 Å². The van der Waals surface area contributed by atoms with E-state index in [0.29, 0.717) is 23.7 Å². The average Bonchev–Trinajstić information content (AvgIpc) is 2.91. The van der Waals surface area contributed by atoms with Crippen molar-refractivity contribution in [2.75, 3.05) is 6.54 Å². The first kappa shape index (κ1) is 11.3. The molecule has 1 aliphatic carbocycles. The Labute approximate surface area is 85.6 Å². The molecule has 1 saturated carbocycles. The van der Waals surface area contributed by atoms with E-state index in [0.717, 1.165) is 13.0 Å². The fourth-order valence-corrected chi connectivity index (χ4v) is 1.44. The van der Waals surface area contributed by atoms with Crippen molar-refractivity contribution in [3.63, 3.8) is 0 Å². The van der Waals surface area contributed by atoms with Crippen molar-refractivity contribution in [2.45, 2.75) is 45.6 Å². The molecule has 0 aromatic carbocycles. The van der Waals surface area contributed by atoms with Crippen molar-refractivity contribution in [3.8, 4) is 0 Å². The fraction of sp³-hybridized carbons (Fsp3) is 0.900. The maximum Gasteiger partial charge on any atom is 0.140 e. The first-order chi connectivity index (χ1) is 6.59. The van der Waals surface area contributed by atoms with Crippen molar-refractivity contribution >= 4 is 5.84 Å². The van der Waals surface area contributed by atoms with Gasteiger partial charge in [0.1, 0.15) is 5.84 Å². The van der Waals surface area contributed by atoms with Crippen molar-refractivity contribution in [2.24, 2.45) is 16.3 Å². The van der Waals surface area contributed by atoms with Crippen LogP contribution >= 0.6 is 0 Å². The van der Waals surface area contributed by atoms with Gasteiger partial charge in [0.2, 0.25) is 0 Å². The van der Waals surface area contributed by atoms with Crippen LogP contribution in [0.5, 0.6) is 0 Å². The minimum Gasteiger partial charge on any atom is -0.409 e. The molecule has 1 unspecified atom stereocenters. The summed E-state index contributed by atoms with van der Waals surface area (Å²) in [7, 11) is 0. The summed E-state index contributed by atoms with van der Waals surface area (Å²) in [4.78, 5) is 0. The third-order valence-corrected chi connectivity index (χ3v) is 3.00. The van der Waals surface area contributed by atoms with E-state index in [1.54, 1.807) is 0 Å². The molecule has 0 amide bonds. The molecule has 1 rings (SSSR count). The predicted octanol–water partition coefficient (Wildman–Crippen LogP) is 1.29. The number of oxime groups is 1. The monoisotopic (exact) mass is 199 g/mol. The Bertz CT molecular complexity index is 211. The Morgan fingerprint density at radius 2 is 2.29 bits per heavy atom. The molecular formula is C10H21N3O. The normalized spacial score (nSPS) is 22.0. The van der Waals surface area contributed by atoms with Gasteiger partial charge in [0, 0.05) is 19.0 Å². The zero-order valence-electron chi connectivity index (χ0n) is 9.08. The second-order valence-corrected chi connectivity index (χ2v) is 4.59. The molecule has 0 aromatic heterocycles. The van der Waals surface area contributed by atoms with Gasteiger partial charge in [0.25, 0.3) is 0 Å². The molecule has 1 fully saturated rings. The quantitative estimate of drug-likeness (QED) is 0.261. The first-order valence-corrected chi connectivity index (χ1v) is 5.29. The predicted molar refractivity (Wildman–Crippen MR) is 57.4 cm³/mol. The average molecular weight is 199 g/mol. The second kappa shape index (κ2) is 4.64. The largest absolute Gasteiger partial charge is 0.409 e. The van der Waals surface area contributed by atoms with E-state index in [9.17, 15) is 0 Å². The van der Waals surface area contributed by atoms with Gasteiger partial charge in [-0.15, -0.1) is 0 Å². The Kier molecular flexibility index (Phi) is 3.75. The molecule has 4 N–H and O–H groups in total. The molecule has 0 aromatic rings. The molecule has 82 valence electrons. The van der Waals surface area contributed by atoms with E-state index < -0.39 is 0 Å². The van der Waals surface area contributed by atoms with Gasteiger partial charge in [0.05, 0.1) is 0 Å². The first-order valence-electron chi connectivity index (χ1n) is 5.29. The summed E-state index contributed by atoms with van der Waals surface area (Å²) in [5.74, 6) is 0.310. The Morgan fingerprint density at radius 1 is 1.64 bits per heavy atom. The molecule has 14 heavy (non-hydrogen) atoms. The Hall–Kier alpha value is -0.770. The lowest BCUT2D eigenvalue weighted by atomic mass is 10.1. The summed E-state index contributed by atoms with van der Waals surface area (Å²) in [5, 5.41) is 14.9. The van der Waals surface area contributed by atoms with E-state index in [-0.39, 0.29) is 0 Å². The number of nitrogens with two attached hydrogens (primary N) is 1.